The largest absolute Gasteiger partial charge is 0.478 e. The van der Waals surface area contributed by atoms with Crippen molar-refractivity contribution in [1.29, 1.82) is 0 Å². The first-order chi connectivity index (χ1) is 15.5. The number of hydrogen-bond acceptors (Lipinski definition) is 6. The average Bonchev–Trinajstić information content (AvgIpc) is 2.75. The number of halogens is 3. The number of carboxylic acid groups (broad SMARTS) is 1. The van der Waals surface area contributed by atoms with Crippen molar-refractivity contribution in [2.75, 3.05) is 39.5 Å². The lowest BCUT2D eigenvalue weighted by Gasteiger charge is -2.22. The number of rotatable bonds is 11. The molecule has 0 heterocycles. The number of alkyl halides is 2. The summed E-state index contributed by atoms with van der Waals surface area (Å²) in [5, 5.41) is 34.8. The second kappa shape index (κ2) is 13.4. The van der Waals surface area contributed by atoms with E-state index >= 15 is 0 Å². The summed E-state index contributed by atoms with van der Waals surface area (Å²) in [7, 11) is 0. The molecular formula is C23H30ClF2NO6. The normalized spacial score (nSPS) is 11.7. The molecule has 10 heteroatoms. The standard InChI is InChI=1S/C17H15ClF2O3.C6H15NO3/c1-16(2,15(21)22)23-14-9-5-12(6-10-14)17(19,20)11-3-7-13(18)8-4-11;8-4-1-7(2-5-9)3-6-10/h3-10H,1-2H3,(H,21,22);8-10H,1-6H2. The number of carbonyl (C=O) groups is 1. The molecule has 2 rings (SSSR count). The van der Waals surface area contributed by atoms with E-state index in [1.807, 2.05) is 0 Å². The van der Waals surface area contributed by atoms with Gasteiger partial charge in [-0.25, -0.2) is 4.79 Å². The van der Waals surface area contributed by atoms with Gasteiger partial charge in [0.15, 0.2) is 5.60 Å². The van der Waals surface area contributed by atoms with Gasteiger partial charge in [0.1, 0.15) is 5.75 Å². The van der Waals surface area contributed by atoms with Gasteiger partial charge in [-0.2, -0.15) is 8.78 Å². The maximum atomic E-state index is 14.4. The van der Waals surface area contributed by atoms with Crippen molar-refractivity contribution in [3.8, 4) is 5.75 Å². The summed E-state index contributed by atoms with van der Waals surface area (Å²) in [6.45, 7) is 4.51. The highest BCUT2D eigenvalue weighted by atomic mass is 35.5. The molecule has 0 fully saturated rings. The Morgan fingerprint density at radius 1 is 0.879 bits per heavy atom. The van der Waals surface area contributed by atoms with E-state index in [1.165, 1.54) is 62.4 Å². The molecule has 184 valence electrons. The van der Waals surface area contributed by atoms with Crippen LogP contribution in [-0.4, -0.2) is 76.4 Å². The number of carboxylic acids is 1. The molecule has 0 spiro atoms. The molecule has 0 atom stereocenters. The number of hydrogen-bond donors (Lipinski definition) is 4. The Bertz CT molecular complexity index is 833. The van der Waals surface area contributed by atoms with Crippen LogP contribution < -0.4 is 4.74 Å². The van der Waals surface area contributed by atoms with Crippen LogP contribution in [0.25, 0.3) is 0 Å². The smallest absolute Gasteiger partial charge is 0.347 e. The molecule has 0 aliphatic carbocycles. The topological polar surface area (TPSA) is 110 Å². The molecule has 2 aromatic carbocycles. The minimum absolute atomic E-state index is 0.0694. The molecular weight excluding hydrogens is 460 g/mol. The Morgan fingerprint density at radius 2 is 1.27 bits per heavy atom. The molecule has 0 radical (unpaired) electrons. The van der Waals surface area contributed by atoms with Crippen LogP contribution in [0.5, 0.6) is 5.75 Å². The van der Waals surface area contributed by atoms with E-state index in [0.717, 1.165) is 0 Å². The fraction of sp³-hybridized carbons (Fsp3) is 0.435. The molecule has 0 bridgehead atoms. The van der Waals surface area contributed by atoms with Crippen LogP contribution in [0.1, 0.15) is 25.0 Å². The molecule has 0 aliphatic heterocycles. The maximum Gasteiger partial charge on any atom is 0.347 e. The van der Waals surface area contributed by atoms with Gasteiger partial charge in [0.05, 0.1) is 19.8 Å². The van der Waals surface area contributed by atoms with Crippen molar-refractivity contribution >= 4 is 17.6 Å². The first-order valence-corrected chi connectivity index (χ1v) is 10.6. The quantitative estimate of drug-likeness (QED) is 0.384. The average molecular weight is 490 g/mol. The van der Waals surface area contributed by atoms with Crippen molar-refractivity contribution in [3.63, 3.8) is 0 Å². The van der Waals surface area contributed by atoms with Crippen LogP contribution in [0.4, 0.5) is 8.78 Å². The van der Waals surface area contributed by atoms with Gasteiger partial charge in [-0.05, 0) is 50.2 Å². The third-order valence-electron chi connectivity index (χ3n) is 4.56. The third kappa shape index (κ3) is 9.23. The lowest BCUT2D eigenvalue weighted by molar-refractivity contribution is -0.152. The lowest BCUT2D eigenvalue weighted by Crippen LogP contribution is -2.37. The van der Waals surface area contributed by atoms with Gasteiger partial charge >= 0.3 is 5.97 Å². The predicted molar refractivity (Wildman–Crippen MR) is 121 cm³/mol. The summed E-state index contributed by atoms with van der Waals surface area (Å²) < 4.78 is 34.2. The van der Waals surface area contributed by atoms with Crippen molar-refractivity contribution in [2.45, 2.75) is 25.4 Å². The summed E-state index contributed by atoms with van der Waals surface area (Å²) in [4.78, 5) is 12.8. The minimum Gasteiger partial charge on any atom is -0.478 e. The number of aliphatic carboxylic acids is 1. The number of ether oxygens (including phenoxy) is 1. The Kier molecular flexibility index (Phi) is 11.7. The maximum absolute atomic E-state index is 14.4. The van der Waals surface area contributed by atoms with E-state index in [1.54, 1.807) is 4.90 Å². The minimum atomic E-state index is -3.19. The van der Waals surface area contributed by atoms with Gasteiger partial charge in [0.25, 0.3) is 5.92 Å². The number of aliphatic hydroxyl groups is 3. The zero-order valence-corrected chi connectivity index (χ0v) is 19.3. The fourth-order valence-corrected chi connectivity index (χ4v) is 2.78. The molecule has 7 nitrogen and oxygen atoms in total. The van der Waals surface area contributed by atoms with Crippen molar-refractivity contribution in [3.05, 3.63) is 64.7 Å². The summed E-state index contributed by atoms with van der Waals surface area (Å²) in [5.41, 5.74) is -1.85. The number of benzene rings is 2. The highest BCUT2D eigenvalue weighted by Gasteiger charge is 2.34. The highest BCUT2D eigenvalue weighted by molar-refractivity contribution is 6.30. The molecule has 0 aliphatic rings. The number of aliphatic hydroxyl groups excluding tert-OH is 3. The van der Waals surface area contributed by atoms with Gasteiger partial charge < -0.3 is 25.2 Å². The van der Waals surface area contributed by atoms with E-state index in [2.05, 4.69) is 0 Å². The summed E-state index contributed by atoms with van der Waals surface area (Å²) in [5.74, 6) is -4.13. The molecule has 33 heavy (non-hydrogen) atoms. The summed E-state index contributed by atoms with van der Waals surface area (Å²) in [6.07, 6.45) is 0. The third-order valence-corrected chi connectivity index (χ3v) is 4.81. The number of nitrogens with zero attached hydrogens (tertiary/aromatic N) is 1. The van der Waals surface area contributed by atoms with E-state index < -0.39 is 17.5 Å². The van der Waals surface area contributed by atoms with Crippen molar-refractivity contribution in [1.82, 2.24) is 4.90 Å². The second-order valence-electron chi connectivity index (χ2n) is 7.54. The Hall–Kier alpha value is -2.30. The highest BCUT2D eigenvalue weighted by Crippen LogP contribution is 2.37. The molecule has 0 saturated carbocycles. The molecule has 4 N–H and O–H groups in total. The van der Waals surface area contributed by atoms with Gasteiger partial charge in [-0.1, -0.05) is 23.7 Å². The van der Waals surface area contributed by atoms with Gasteiger partial charge in [-0.15, -0.1) is 0 Å². The van der Waals surface area contributed by atoms with Gasteiger partial charge in [0.2, 0.25) is 0 Å². The molecule has 0 aromatic heterocycles. The Labute approximate surface area is 196 Å². The Balaban J connectivity index is 0.000000461. The van der Waals surface area contributed by atoms with Crippen LogP contribution in [0.3, 0.4) is 0 Å². The van der Waals surface area contributed by atoms with E-state index in [-0.39, 0.29) is 36.7 Å². The van der Waals surface area contributed by atoms with Crippen LogP contribution in [0.15, 0.2) is 48.5 Å². The van der Waals surface area contributed by atoms with Crippen LogP contribution in [-0.2, 0) is 10.7 Å². The van der Waals surface area contributed by atoms with Crippen molar-refractivity contribution in [2.24, 2.45) is 0 Å². The monoisotopic (exact) mass is 489 g/mol. The van der Waals surface area contributed by atoms with Crippen molar-refractivity contribution < 1.29 is 38.7 Å². The van der Waals surface area contributed by atoms with Crippen LogP contribution >= 0.6 is 11.6 Å². The van der Waals surface area contributed by atoms with E-state index in [0.29, 0.717) is 24.7 Å². The van der Waals surface area contributed by atoms with Crippen LogP contribution in [0, 0.1) is 0 Å². The Morgan fingerprint density at radius 3 is 1.64 bits per heavy atom. The van der Waals surface area contributed by atoms with Crippen LogP contribution in [0.2, 0.25) is 5.02 Å². The summed E-state index contributed by atoms with van der Waals surface area (Å²) in [6, 6.07) is 10.4. The lowest BCUT2D eigenvalue weighted by atomic mass is 10.0. The molecule has 0 amide bonds. The molecule has 0 unspecified atom stereocenters. The molecule has 2 aromatic rings. The van der Waals surface area contributed by atoms with Gasteiger partial charge in [0, 0.05) is 35.8 Å². The first kappa shape index (κ1) is 28.7. The summed E-state index contributed by atoms with van der Waals surface area (Å²) >= 11 is 5.71. The molecule has 0 saturated heterocycles. The van der Waals surface area contributed by atoms with E-state index in [4.69, 9.17) is 36.8 Å². The second-order valence-corrected chi connectivity index (χ2v) is 7.97. The fourth-order valence-electron chi connectivity index (χ4n) is 2.66. The first-order valence-electron chi connectivity index (χ1n) is 10.2. The zero-order valence-electron chi connectivity index (χ0n) is 18.5. The SMILES string of the molecule is CC(C)(Oc1ccc(C(F)(F)c2ccc(Cl)cc2)cc1)C(=O)O.OCCN(CCO)CCO. The van der Waals surface area contributed by atoms with Gasteiger partial charge in [-0.3, -0.25) is 4.90 Å². The van der Waals surface area contributed by atoms with E-state index in [9.17, 15) is 13.6 Å². The zero-order chi connectivity index (χ0) is 25.1. The predicted octanol–water partition coefficient (Wildman–Crippen LogP) is 2.99.